The first-order chi connectivity index (χ1) is 9.63. The van der Waals surface area contributed by atoms with E-state index in [1.54, 1.807) is 19.4 Å². The highest BCUT2D eigenvalue weighted by atomic mass is 16.5. The molecule has 0 saturated heterocycles. The molecular weight excluding hydrogens is 258 g/mol. The number of hydrogen-bond acceptors (Lipinski definition) is 6. The summed E-state index contributed by atoms with van der Waals surface area (Å²) in [4.78, 5) is 17.4. The van der Waals surface area contributed by atoms with Crippen LogP contribution < -0.4 is 4.90 Å². The van der Waals surface area contributed by atoms with Crippen LogP contribution in [-0.2, 0) is 14.3 Å². The Morgan fingerprint density at radius 3 is 2.80 bits per heavy atom. The highest BCUT2D eigenvalue weighted by Gasteiger charge is 2.16. The molecule has 0 amide bonds. The summed E-state index contributed by atoms with van der Waals surface area (Å²) in [6.45, 7) is 3.33. The summed E-state index contributed by atoms with van der Waals surface area (Å²) in [7, 11) is 2.96. The predicted octanol–water partition coefficient (Wildman–Crippen LogP) is 1.28. The van der Waals surface area contributed by atoms with Crippen molar-refractivity contribution in [3.63, 3.8) is 0 Å². The molecule has 0 atom stereocenters. The van der Waals surface area contributed by atoms with Crippen molar-refractivity contribution in [3.05, 3.63) is 23.4 Å². The molecule has 0 aliphatic rings. The van der Waals surface area contributed by atoms with Gasteiger partial charge in [-0.25, -0.2) is 4.98 Å². The van der Waals surface area contributed by atoms with Crippen molar-refractivity contribution < 1.29 is 14.3 Å². The average Bonchev–Trinajstić information content (AvgIpc) is 2.46. The van der Waals surface area contributed by atoms with Crippen molar-refractivity contribution in [2.45, 2.75) is 13.3 Å². The minimum Gasteiger partial charge on any atom is -0.469 e. The molecule has 6 nitrogen and oxygen atoms in total. The number of aryl methyl sites for hydroxylation is 1. The molecule has 1 heterocycles. The van der Waals surface area contributed by atoms with Gasteiger partial charge in [0.15, 0.2) is 0 Å². The number of nitrogens with zero attached hydrogens (tertiary/aromatic N) is 3. The number of anilines is 1. The lowest BCUT2D eigenvalue weighted by atomic mass is 10.1. The van der Waals surface area contributed by atoms with Gasteiger partial charge in [0.25, 0.3) is 0 Å². The third kappa shape index (κ3) is 4.21. The van der Waals surface area contributed by atoms with Crippen LogP contribution in [-0.4, -0.2) is 44.9 Å². The van der Waals surface area contributed by atoms with Crippen LogP contribution >= 0.6 is 0 Å². The lowest BCUT2D eigenvalue weighted by Crippen LogP contribution is -2.31. The Balaban J connectivity index is 2.95. The third-order valence-electron chi connectivity index (χ3n) is 2.93. The van der Waals surface area contributed by atoms with Gasteiger partial charge in [-0.3, -0.25) is 4.79 Å². The second kappa shape index (κ2) is 8.12. The van der Waals surface area contributed by atoms with Crippen molar-refractivity contribution >= 4 is 11.8 Å². The first-order valence-corrected chi connectivity index (χ1v) is 6.30. The average molecular weight is 277 g/mol. The van der Waals surface area contributed by atoms with E-state index in [1.165, 1.54) is 7.11 Å². The van der Waals surface area contributed by atoms with Gasteiger partial charge >= 0.3 is 5.97 Å². The Hall–Kier alpha value is -2.13. The van der Waals surface area contributed by atoms with E-state index in [0.717, 1.165) is 5.56 Å². The molecule has 0 spiro atoms. The van der Waals surface area contributed by atoms with Crippen LogP contribution in [0.1, 0.15) is 17.5 Å². The maximum absolute atomic E-state index is 11.3. The number of ether oxygens (including phenoxy) is 2. The van der Waals surface area contributed by atoms with Crippen LogP contribution in [0.2, 0.25) is 0 Å². The van der Waals surface area contributed by atoms with Crippen molar-refractivity contribution in [1.82, 2.24) is 4.98 Å². The van der Waals surface area contributed by atoms with Crippen LogP contribution in [0.5, 0.6) is 0 Å². The number of carbonyl (C=O) groups excluding carboxylic acids is 1. The number of hydrogen-bond donors (Lipinski definition) is 0. The first kappa shape index (κ1) is 15.9. The summed E-state index contributed by atoms with van der Waals surface area (Å²) in [6, 6.07) is 3.95. The van der Waals surface area contributed by atoms with Gasteiger partial charge in [-0.2, -0.15) is 5.26 Å². The first-order valence-electron chi connectivity index (χ1n) is 6.30. The maximum Gasteiger partial charge on any atom is 0.307 e. The lowest BCUT2D eigenvalue weighted by molar-refractivity contribution is -0.140. The zero-order chi connectivity index (χ0) is 15.0. The van der Waals surface area contributed by atoms with E-state index < -0.39 is 0 Å². The highest BCUT2D eigenvalue weighted by molar-refractivity contribution is 5.70. The molecule has 1 aromatic rings. The molecule has 108 valence electrons. The van der Waals surface area contributed by atoms with Gasteiger partial charge in [0.1, 0.15) is 11.9 Å². The van der Waals surface area contributed by atoms with Crippen LogP contribution in [0.4, 0.5) is 5.82 Å². The summed E-state index contributed by atoms with van der Waals surface area (Å²) in [5.74, 6) is 0.284. The van der Waals surface area contributed by atoms with Gasteiger partial charge < -0.3 is 14.4 Å². The van der Waals surface area contributed by atoms with Crippen LogP contribution in [0, 0.1) is 18.3 Å². The van der Waals surface area contributed by atoms with Gasteiger partial charge in [0.05, 0.1) is 25.7 Å². The number of nitriles is 1. The minimum absolute atomic E-state index is 0.237. The van der Waals surface area contributed by atoms with Gasteiger partial charge in [-0.05, 0) is 18.6 Å². The Labute approximate surface area is 118 Å². The van der Waals surface area contributed by atoms with Gasteiger partial charge in [-0.1, -0.05) is 0 Å². The molecule has 0 unspecified atom stereocenters. The molecule has 0 aliphatic heterocycles. The topological polar surface area (TPSA) is 75.4 Å². The number of esters is 1. The molecule has 0 bridgehead atoms. The quantitative estimate of drug-likeness (QED) is 0.699. The van der Waals surface area contributed by atoms with Crippen molar-refractivity contribution in [2.75, 3.05) is 38.8 Å². The second-order valence-electron chi connectivity index (χ2n) is 4.24. The molecule has 0 radical (unpaired) electrons. The van der Waals surface area contributed by atoms with Crippen LogP contribution in [0.3, 0.4) is 0 Å². The Morgan fingerprint density at radius 2 is 2.20 bits per heavy atom. The van der Waals surface area contributed by atoms with Crippen molar-refractivity contribution in [3.8, 4) is 6.07 Å². The van der Waals surface area contributed by atoms with E-state index >= 15 is 0 Å². The maximum atomic E-state index is 11.3. The van der Waals surface area contributed by atoms with E-state index in [4.69, 9.17) is 4.74 Å². The largest absolute Gasteiger partial charge is 0.469 e. The summed E-state index contributed by atoms with van der Waals surface area (Å²) in [6.07, 6.45) is 1.89. The van der Waals surface area contributed by atoms with Gasteiger partial charge in [0.2, 0.25) is 0 Å². The third-order valence-corrected chi connectivity index (χ3v) is 2.93. The highest BCUT2D eigenvalue weighted by Crippen LogP contribution is 2.20. The second-order valence-corrected chi connectivity index (χ2v) is 4.24. The summed E-state index contributed by atoms with van der Waals surface area (Å²) >= 11 is 0. The minimum atomic E-state index is -0.293. The van der Waals surface area contributed by atoms with Crippen LogP contribution in [0.15, 0.2) is 12.3 Å². The smallest absolute Gasteiger partial charge is 0.307 e. The van der Waals surface area contributed by atoms with Gasteiger partial charge in [-0.15, -0.1) is 0 Å². The molecule has 0 saturated carbocycles. The van der Waals surface area contributed by atoms with Crippen molar-refractivity contribution in [2.24, 2.45) is 0 Å². The molecule has 6 heteroatoms. The number of rotatable bonds is 7. The summed E-state index contributed by atoms with van der Waals surface area (Å²) in [5.41, 5.74) is 1.38. The Kier molecular flexibility index (Phi) is 6.47. The standard InChI is InChI=1S/C14H19N3O3/c1-11-4-6-16-14(12(11)10-15)17(8-9-19-2)7-5-13(18)20-3/h4,6H,5,7-9H2,1-3H3. The van der Waals surface area contributed by atoms with E-state index in [-0.39, 0.29) is 12.4 Å². The Morgan fingerprint density at radius 1 is 1.45 bits per heavy atom. The molecular formula is C14H19N3O3. The monoisotopic (exact) mass is 277 g/mol. The fraction of sp³-hybridized carbons (Fsp3) is 0.500. The Bertz CT molecular complexity index is 497. The zero-order valence-electron chi connectivity index (χ0n) is 12.0. The normalized spacial score (nSPS) is 9.90. The lowest BCUT2D eigenvalue weighted by Gasteiger charge is -2.24. The summed E-state index contributed by atoms with van der Waals surface area (Å²) in [5, 5.41) is 9.26. The molecule has 0 N–H and O–H groups in total. The van der Waals surface area contributed by atoms with Crippen LogP contribution in [0.25, 0.3) is 0 Å². The van der Waals surface area contributed by atoms with E-state index in [9.17, 15) is 10.1 Å². The molecule has 0 aromatic carbocycles. The van der Waals surface area contributed by atoms with E-state index in [1.807, 2.05) is 11.8 Å². The van der Waals surface area contributed by atoms with E-state index in [0.29, 0.717) is 31.1 Å². The molecule has 20 heavy (non-hydrogen) atoms. The number of aromatic nitrogens is 1. The molecule has 0 aliphatic carbocycles. The molecule has 1 rings (SSSR count). The summed E-state index contributed by atoms with van der Waals surface area (Å²) < 4.78 is 9.70. The predicted molar refractivity (Wildman–Crippen MR) is 74.4 cm³/mol. The zero-order valence-corrected chi connectivity index (χ0v) is 12.0. The SMILES string of the molecule is COCCN(CCC(=O)OC)c1nccc(C)c1C#N. The number of carbonyl (C=O) groups is 1. The van der Waals surface area contributed by atoms with E-state index in [2.05, 4.69) is 15.8 Å². The fourth-order valence-corrected chi connectivity index (χ4v) is 1.78. The number of pyridine rings is 1. The van der Waals surface area contributed by atoms with Crippen molar-refractivity contribution in [1.29, 1.82) is 5.26 Å². The number of methoxy groups -OCH3 is 2. The molecule has 0 fully saturated rings. The fourth-order valence-electron chi connectivity index (χ4n) is 1.78. The molecule has 1 aromatic heterocycles. The van der Waals surface area contributed by atoms with Gasteiger partial charge in [0, 0.05) is 26.4 Å².